The van der Waals surface area contributed by atoms with Gasteiger partial charge in [-0.05, 0) is 30.7 Å². The van der Waals surface area contributed by atoms with Crippen LogP contribution < -0.4 is 5.73 Å². The van der Waals surface area contributed by atoms with Crippen molar-refractivity contribution in [1.82, 2.24) is 0 Å². The molecule has 0 amide bonds. The second kappa shape index (κ2) is 8.29. The molecule has 1 rings (SSSR count). The summed E-state index contributed by atoms with van der Waals surface area (Å²) in [5, 5.41) is 0. The van der Waals surface area contributed by atoms with Gasteiger partial charge in [-0.15, -0.1) is 0 Å². The lowest BCUT2D eigenvalue weighted by atomic mass is 10.1. The maximum absolute atomic E-state index is 12.8. The van der Waals surface area contributed by atoms with E-state index in [1.54, 1.807) is 13.0 Å². The van der Waals surface area contributed by atoms with Gasteiger partial charge < -0.3 is 10.5 Å². The van der Waals surface area contributed by atoms with E-state index in [4.69, 9.17) is 10.5 Å². The molecule has 118 valence electrons. The highest BCUT2D eigenvalue weighted by atomic mass is 32.2. The van der Waals surface area contributed by atoms with Crippen molar-refractivity contribution in [2.75, 3.05) is 12.4 Å². The number of nitrogens with two attached hydrogens (primary N) is 1. The van der Waals surface area contributed by atoms with Gasteiger partial charge in [0.25, 0.3) is 0 Å². The fourth-order valence-electron chi connectivity index (χ4n) is 1.68. The summed E-state index contributed by atoms with van der Waals surface area (Å²) in [5.41, 5.74) is 5.23. The molecule has 0 saturated heterocycles. The largest absolute Gasteiger partial charge is 0.465 e. The number of hydrogen-bond donors (Lipinski definition) is 1. The minimum Gasteiger partial charge on any atom is -0.465 e. The van der Waals surface area contributed by atoms with Crippen LogP contribution in [0.2, 0.25) is 0 Å². The van der Waals surface area contributed by atoms with Crippen LogP contribution in [0, 0.1) is 0 Å². The molecule has 1 aromatic rings. The van der Waals surface area contributed by atoms with Crippen molar-refractivity contribution < 1.29 is 22.7 Å². The van der Waals surface area contributed by atoms with Gasteiger partial charge in [-0.1, -0.05) is 18.2 Å². The van der Waals surface area contributed by atoms with E-state index < -0.39 is 23.8 Å². The number of hydrogen-bond acceptors (Lipinski definition) is 4. The molecule has 0 heterocycles. The molecule has 2 N–H and O–H groups in total. The summed E-state index contributed by atoms with van der Waals surface area (Å²) >= 11 is 1.31. The zero-order chi connectivity index (χ0) is 15.9. The van der Waals surface area contributed by atoms with Gasteiger partial charge >= 0.3 is 12.1 Å². The maximum Gasteiger partial charge on any atom is 0.416 e. The van der Waals surface area contributed by atoms with Crippen molar-refractivity contribution in [3.8, 4) is 0 Å². The molecule has 1 aromatic carbocycles. The first kappa shape index (κ1) is 17.8. The second-order valence-corrected chi connectivity index (χ2v) is 5.46. The van der Waals surface area contributed by atoms with Gasteiger partial charge in [0.1, 0.15) is 6.04 Å². The molecule has 0 radical (unpaired) electrons. The van der Waals surface area contributed by atoms with Crippen molar-refractivity contribution in [1.29, 1.82) is 0 Å². The van der Waals surface area contributed by atoms with Crippen LogP contribution in [0.3, 0.4) is 0 Å². The Morgan fingerprint density at radius 3 is 2.67 bits per heavy atom. The van der Waals surface area contributed by atoms with E-state index in [-0.39, 0.29) is 17.9 Å². The lowest BCUT2D eigenvalue weighted by Gasteiger charge is -2.13. The number of carbonyl (C=O) groups excluding carboxylic acids is 1. The van der Waals surface area contributed by atoms with Gasteiger partial charge in [0, 0.05) is 5.75 Å². The molecule has 1 unspecified atom stereocenters. The van der Waals surface area contributed by atoms with Gasteiger partial charge in [0.15, 0.2) is 0 Å². The van der Waals surface area contributed by atoms with Crippen LogP contribution in [0.4, 0.5) is 13.2 Å². The van der Waals surface area contributed by atoms with E-state index in [1.165, 1.54) is 23.9 Å². The van der Waals surface area contributed by atoms with Crippen LogP contribution in [-0.2, 0) is 21.5 Å². The Balaban J connectivity index is 2.45. The van der Waals surface area contributed by atoms with E-state index in [9.17, 15) is 18.0 Å². The summed E-state index contributed by atoms with van der Waals surface area (Å²) in [6.45, 7) is 1.95. The number of carbonyl (C=O) groups is 1. The van der Waals surface area contributed by atoms with E-state index >= 15 is 0 Å². The van der Waals surface area contributed by atoms with Gasteiger partial charge in [-0.2, -0.15) is 24.9 Å². The van der Waals surface area contributed by atoms with E-state index in [0.717, 1.165) is 6.07 Å². The molecular weight excluding hydrogens is 303 g/mol. The normalized spacial score (nSPS) is 13.0. The van der Waals surface area contributed by atoms with Crippen LogP contribution in [0.1, 0.15) is 24.5 Å². The number of thioether (sulfide) groups is 1. The first-order valence-electron chi connectivity index (χ1n) is 6.51. The van der Waals surface area contributed by atoms with Gasteiger partial charge in [0.2, 0.25) is 0 Å². The number of rotatable bonds is 7. The van der Waals surface area contributed by atoms with E-state index in [1.807, 2.05) is 0 Å². The topological polar surface area (TPSA) is 52.3 Å². The van der Waals surface area contributed by atoms with Gasteiger partial charge in [-0.3, -0.25) is 4.79 Å². The summed E-state index contributed by atoms with van der Waals surface area (Å²) in [6.07, 6.45) is -3.98. The molecular formula is C14H18F3NO2S. The molecule has 0 fully saturated rings. The highest BCUT2D eigenvalue weighted by Crippen LogP contribution is 2.33. The van der Waals surface area contributed by atoms with Crippen molar-refractivity contribution in [2.24, 2.45) is 5.73 Å². The standard InChI is InChI=1S/C14H18F3NO2S/c1-2-20-13(19)12(18)7-8-21-9-10-5-3-4-6-11(10)14(15,16)17/h3-6,12H,2,7-9,18H2,1H3. The average Bonchev–Trinajstić information content (AvgIpc) is 2.43. The highest BCUT2D eigenvalue weighted by molar-refractivity contribution is 7.98. The molecule has 0 saturated carbocycles. The van der Waals surface area contributed by atoms with E-state index in [2.05, 4.69) is 0 Å². The SMILES string of the molecule is CCOC(=O)C(N)CCSCc1ccccc1C(F)(F)F. The fraction of sp³-hybridized carbons (Fsp3) is 0.500. The van der Waals surface area contributed by atoms with Crippen molar-refractivity contribution >= 4 is 17.7 Å². The van der Waals surface area contributed by atoms with Crippen LogP contribution >= 0.6 is 11.8 Å². The number of halogens is 3. The molecule has 0 aliphatic carbocycles. The Morgan fingerprint density at radius 1 is 1.38 bits per heavy atom. The second-order valence-electron chi connectivity index (χ2n) is 4.35. The minimum atomic E-state index is -4.35. The maximum atomic E-state index is 12.8. The lowest BCUT2D eigenvalue weighted by Crippen LogP contribution is -2.32. The van der Waals surface area contributed by atoms with Gasteiger partial charge in [-0.25, -0.2) is 0 Å². The minimum absolute atomic E-state index is 0.227. The third-order valence-corrected chi connectivity index (χ3v) is 3.78. The third kappa shape index (κ3) is 5.97. The predicted octanol–water partition coefficient (Wildman–Crippen LogP) is 3.22. The summed E-state index contributed by atoms with van der Waals surface area (Å²) in [7, 11) is 0. The van der Waals surface area contributed by atoms with Crippen LogP contribution in [0.25, 0.3) is 0 Å². The van der Waals surface area contributed by atoms with Crippen LogP contribution in [0.15, 0.2) is 24.3 Å². The number of ether oxygens (including phenoxy) is 1. The summed E-state index contributed by atoms with van der Waals surface area (Å²) in [6, 6.07) is 4.75. The molecule has 0 aliphatic heterocycles. The molecule has 0 aliphatic rings. The Hall–Kier alpha value is -1.21. The first-order chi connectivity index (χ1) is 9.86. The van der Waals surface area contributed by atoms with Crippen molar-refractivity contribution in [2.45, 2.75) is 31.3 Å². The van der Waals surface area contributed by atoms with Crippen LogP contribution in [-0.4, -0.2) is 24.4 Å². The first-order valence-corrected chi connectivity index (χ1v) is 7.66. The monoisotopic (exact) mass is 321 g/mol. The zero-order valence-corrected chi connectivity index (χ0v) is 12.5. The Kier molecular flexibility index (Phi) is 7.04. The fourth-order valence-corrected chi connectivity index (χ4v) is 2.72. The number of benzene rings is 1. The summed E-state index contributed by atoms with van der Waals surface area (Å²) in [4.78, 5) is 11.3. The predicted molar refractivity (Wildman–Crippen MR) is 76.8 cm³/mol. The molecule has 0 aromatic heterocycles. The Bertz CT molecular complexity index is 466. The van der Waals surface area contributed by atoms with E-state index in [0.29, 0.717) is 12.2 Å². The summed E-state index contributed by atoms with van der Waals surface area (Å²) in [5.74, 6) is 0.242. The van der Waals surface area contributed by atoms with Crippen LogP contribution in [0.5, 0.6) is 0 Å². The quantitative estimate of drug-likeness (QED) is 0.619. The lowest BCUT2D eigenvalue weighted by molar-refractivity contribution is -0.144. The van der Waals surface area contributed by atoms with Crippen molar-refractivity contribution in [3.63, 3.8) is 0 Å². The summed E-state index contributed by atoms with van der Waals surface area (Å²) < 4.78 is 43.1. The number of esters is 1. The molecule has 0 spiro atoms. The molecule has 21 heavy (non-hydrogen) atoms. The Morgan fingerprint density at radius 2 is 2.05 bits per heavy atom. The van der Waals surface area contributed by atoms with Gasteiger partial charge in [0.05, 0.1) is 12.2 Å². The number of alkyl halides is 3. The molecule has 7 heteroatoms. The third-order valence-electron chi connectivity index (χ3n) is 2.74. The Labute approximate surface area is 126 Å². The zero-order valence-electron chi connectivity index (χ0n) is 11.7. The molecule has 1 atom stereocenters. The van der Waals surface area contributed by atoms with Crippen molar-refractivity contribution in [3.05, 3.63) is 35.4 Å². The molecule has 3 nitrogen and oxygen atoms in total. The smallest absolute Gasteiger partial charge is 0.416 e. The highest BCUT2D eigenvalue weighted by Gasteiger charge is 2.32. The average molecular weight is 321 g/mol. The molecule has 0 bridgehead atoms.